The zero-order chi connectivity index (χ0) is 19.0. The minimum absolute atomic E-state index is 0.177. The van der Waals surface area contributed by atoms with Crippen LogP contribution in [0.4, 0.5) is 15.8 Å². The van der Waals surface area contributed by atoms with Crippen LogP contribution in [0, 0.1) is 5.82 Å². The van der Waals surface area contributed by atoms with Crippen molar-refractivity contribution in [1.82, 2.24) is 4.90 Å². The summed E-state index contributed by atoms with van der Waals surface area (Å²) in [6.45, 7) is 2.48. The molecule has 0 bridgehead atoms. The fourth-order valence-corrected chi connectivity index (χ4v) is 4.01. The van der Waals surface area contributed by atoms with Crippen molar-refractivity contribution in [2.75, 3.05) is 36.0 Å². The van der Waals surface area contributed by atoms with Crippen LogP contribution in [-0.2, 0) is 9.59 Å². The van der Waals surface area contributed by atoms with Crippen molar-refractivity contribution in [1.29, 1.82) is 0 Å². The molecule has 0 saturated carbocycles. The fraction of sp³-hybridized carbons (Fsp3) is 0.300. The summed E-state index contributed by atoms with van der Waals surface area (Å²) in [6.07, 6.45) is 0.189. The smallest absolute Gasteiger partial charge is 0.251 e. The molecule has 0 spiro atoms. The van der Waals surface area contributed by atoms with Crippen molar-refractivity contribution in [2.24, 2.45) is 0 Å². The number of amides is 2. The highest BCUT2D eigenvalue weighted by Gasteiger charge is 2.43. The number of para-hydroxylation sites is 1. The van der Waals surface area contributed by atoms with Crippen molar-refractivity contribution in [3.8, 4) is 0 Å². The summed E-state index contributed by atoms with van der Waals surface area (Å²) in [5.74, 6) is -0.593. The molecule has 0 unspecified atom stereocenters. The first-order valence-corrected chi connectivity index (χ1v) is 9.70. The Hall–Kier alpha value is -2.25. The molecule has 27 heavy (non-hydrogen) atoms. The average molecular weight is 432 g/mol. The van der Waals surface area contributed by atoms with Crippen LogP contribution in [0.15, 0.2) is 53.0 Å². The first-order valence-electron chi connectivity index (χ1n) is 8.90. The fourth-order valence-electron chi connectivity index (χ4n) is 3.75. The third-order valence-electron chi connectivity index (χ3n) is 5.16. The van der Waals surface area contributed by atoms with E-state index < -0.39 is 6.04 Å². The van der Waals surface area contributed by atoms with Gasteiger partial charge in [0.25, 0.3) is 5.91 Å². The van der Waals surface area contributed by atoms with E-state index in [1.54, 1.807) is 24.3 Å². The number of hydrogen-bond donors (Lipinski definition) is 0. The van der Waals surface area contributed by atoms with Crippen LogP contribution in [-0.4, -0.2) is 48.9 Å². The molecule has 0 aromatic heterocycles. The van der Waals surface area contributed by atoms with E-state index in [1.165, 1.54) is 11.0 Å². The molecule has 0 aliphatic carbocycles. The lowest BCUT2D eigenvalue weighted by Gasteiger charge is -2.38. The lowest BCUT2D eigenvalue weighted by Crippen LogP contribution is -2.52. The lowest BCUT2D eigenvalue weighted by atomic mass is 10.1. The maximum atomic E-state index is 14.0. The molecule has 2 heterocycles. The second kappa shape index (κ2) is 7.40. The third-order valence-corrected chi connectivity index (χ3v) is 5.68. The molecule has 2 aromatic carbocycles. The van der Waals surface area contributed by atoms with Gasteiger partial charge in [-0.25, -0.2) is 9.29 Å². The Balaban J connectivity index is 1.44. The Morgan fingerprint density at radius 3 is 2.26 bits per heavy atom. The van der Waals surface area contributed by atoms with Crippen LogP contribution in [0.25, 0.3) is 0 Å². The van der Waals surface area contributed by atoms with E-state index in [4.69, 9.17) is 0 Å². The largest absolute Gasteiger partial charge is 0.367 e. The highest BCUT2D eigenvalue weighted by atomic mass is 79.9. The molecule has 140 valence electrons. The van der Waals surface area contributed by atoms with E-state index >= 15 is 0 Å². The predicted molar refractivity (Wildman–Crippen MR) is 105 cm³/mol. The summed E-state index contributed by atoms with van der Waals surface area (Å²) in [5.41, 5.74) is 1.18. The Morgan fingerprint density at radius 1 is 0.926 bits per heavy atom. The maximum Gasteiger partial charge on any atom is 0.251 e. The van der Waals surface area contributed by atoms with Crippen molar-refractivity contribution in [3.05, 3.63) is 58.8 Å². The zero-order valence-electron chi connectivity index (χ0n) is 14.6. The Labute approximate surface area is 165 Å². The van der Waals surface area contributed by atoms with Crippen LogP contribution in [0.2, 0.25) is 0 Å². The topological polar surface area (TPSA) is 43.9 Å². The van der Waals surface area contributed by atoms with Gasteiger partial charge < -0.3 is 4.90 Å². The summed E-state index contributed by atoms with van der Waals surface area (Å²) in [7, 11) is 0. The van der Waals surface area contributed by atoms with E-state index in [1.807, 2.05) is 28.0 Å². The summed E-state index contributed by atoms with van der Waals surface area (Å²) >= 11 is 3.36. The SMILES string of the molecule is O=C1C[C@@H](N2CCN(c3ccccc3F)CC2)C(=O)N1c1ccc(Br)cc1. The molecule has 2 aliphatic rings. The molecular weight excluding hydrogens is 413 g/mol. The van der Waals surface area contributed by atoms with E-state index in [9.17, 15) is 14.0 Å². The molecule has 4 rings (SSSR count). The van der Waals surface area contributed by atoms with Crippen LogP contribution >= 0.6 is 15.9 Å². The molecule has 2 amide bonds. The molecule has 2 saturated heterocycles. The van der Waals surface area contributed by atoms with Crippen molar-refractivity contribution < 1.29 is 14.0 Å². The number of nitrogens with zero attached hydrogens (tertiary/aromatic N) is 3. The number of carbonyl (C=O) groups excluding carboxylic acids is 2. The number of anilines is 2. The second-order valence-corrected chi connectivity index (χ2v) is 7.65. The number of benzene rings is 2. The molecule has 7 heteroatoms. The zero-order valence-corrected chi connectivity index (χ0v) is 16.2. The molecule has 2 fully saturated rings. The van der Waals surface area contributed by atoms with Gasteiger partial charge in [-0.2, -0.15) is 0 Å². The quantitative estimate of drug-likeness (QED) is 0.700. The number of carbonyl (C=O) groups is 2. The molecule has 0 radical (unpaired) electrons. The van der Waals surface area contributed by atoms with Crippen LogP contribution < -0.4 is 9.80 Å². The summed E-state index contributed by atoms with van der Waals surface area (Å²) in [6, 6.07) is 13.4. The number of piperazine rings is 1. The van der Waals surface area contributed by atoms with Crippen molar-refractivity contribution in [3.63, 3.8) is 0 Å². The molecule has 2 aliphatic heterocycles. The van der Waals surface area contributed by atoms with Gasteiger partial charge in [-0.1, -0.05) is 28.1 Å². The monoisotopic (exact) mass is 431 g/mol. The van der Waals surface area contributed by atoms with Crippen LogP contribution in [0.5, 0.6) is 0 Å². The molecule has 5 nitrogen and oxygen atoms in total. The number of imide groups is 1. The molecule has 0 N–H and O–H groups in total. The molecule has 2 aromatic rings. The molecular formula is C20H19BrFN3O2. The van der Waals surface area contributed by atoms with Gasteiger partial charge in [0.15, 0.2) is 0 Å². The Bertz CT molecular complexity index is 866. The van der Waals surface area contributed by atoms with Gasteiger partial charge in [0.1, 0.15) is 5.82 Å². The molecule has 1 atom stereocenters. The first kappa shape index (κ1) is 18.1. The number of rotatable bonds is 3. The number of hydrogen-bond acceptors (Lipinski definition) is 4. The van der Waals surface area contributed by atoms with Gasteiger partial charge >= 0.3 is 0 Å². The number of halogens is 2. The second-order valence-electron chi connectivity index (χ2n) is 6.74. The maximum absolute atomic E-state index is 14.0. The van der Waals surface area contributed by atoms with Crippen LogP contribution in [0.3, 0.4) is 0 Å². The Morgan fingerprint density at radius 2 is 1.59 bits per heavy atom. The third kappa shape index (κ3) is 3.49. The van der Waals surface area contributed by atoms with Gasteiger partial charge in [0.05, 0.1) is 23.8 Å². The highest BCUT2D eigenvalue weighted by molar-refractivity contribution is 9.10. The van der Waals surface area contributed by atoms with E-state index in [-0.39, 0.29) is 24.1 Å². The van der Waals surface area contributed by atoms with Crippen LogP contribution in [0.1, 0.15) is 6.42 Å². The standard InChI is InChI=1S/C20H19BrFN3O2/c21-14-5-7-15(8-6-14)25-19(26)13-18(20(25)27)24-11-9-23(10-12-24)17-4-2-1-3-16(17)22/h1-8,18H,9-13H2/t18-/m1/s1. The predicted octanol–water partition coefficient (Wildman–Crippen LogP) is 3.04. The lowest BCUT2D eigenvalue weighted by molar-refractivity contribution is -0.123. The van der Waals surface area contributed by atoms with Gasteiger partial charge in [-0.05, 0) is 36.4 Å². The van der Waals surface area contributed by atoms with Gasteiger partial charge in [-0.3, -0.25) is 14.5 Å². The van der Waals surface area contributed by atoms with E-state index in [2.05, 4.69) is 15.9 Å². The van der Waals surface area contributed by atoms with Gasteiger partial charge in [0, 0.05) is 30.7 Å². The minimum atomic E-state index is -0.441. The highest BCUT2D eigenvalue weighted by Crippen LogP contribution is 2.28. The van der Waals surface area contributed by atoms with E-state index in [0.29, 0.717) is 37.6 Å². The first-order chi connectivity index (χ1) is 13.0. The average Bonchev–Trinajstić information content (AvgIpc) is 2.97. The summed E-state index contributed by atoms with van der Waals surface area (Å²) in [5, 5.41) is 0. The van der Waals surface area contributed by atoms with Gasteiger partial charge in [-0.15, -0.1) is 0 Å². The van der Waals surface area contributed by atoms with E-state index in [0.717, 1.165) is 4.47 Å². The minimum Gasteiger partial charge on any atom is -0.367 e. The van der Waals surface area contributed by atoms with Crippen molar-refractivity contribution >= 4 is 39.1 Å². The van der Waals surface area contributed by atoms with Gasteiger partial charge in [0.2, 0.25) is 5.91 Å². The normalized spacial score (nSPS) is 21.2. The Kier molecular flexibility index (Phi) is 4.97. The summed E-state index contributed by atoms with van der Waals surface area (Å²) in [4.78, 5) is 30.6. The summed E-state index contributed by atoms with van der Waals surface area (Å²) < 4.78 is 14.9. The van der Waals surface area contributed by atoms with Crippen molar-refractivity contribution in [2.45, 2.75) is 12.5 Å².